The Morgan fingerprint density at radius 1 is 1.27 bits per heavy atom. The van der Waals surface area contributed by atoms with Gasteiger partial charge in [0.2, 0.25) is 0 Å². The van der Waals surface area contributed by atoms with Crippen molar-refractivity contribution in [1.82, 2.24) is 29.8 Å². The third-order valence-corrected chi connectivity index (χ3v) is 5.38. The van der Waals surface area contributed by atoms with Gasteiger partial charge in [0.1, 0.15) is 17.5 Å². The molecule has 4 heterocycles. The highest BCUT2D eigenvalue weighted by atomic mass is 32.1. The van der Waals surface area contributed by atoms with Gasteiger partial charge in [0, 0.05) is 35.2 Å². The maximum Gasteiger partial charge on any atom is 0.188 e. The number of anilines is 2. The SMILES string of the molecule is Cc1cc(Nc2ncc(C)s2)nc(C2CCCCN2Cc2ncc[nH]2)n1. The summed E-state index contributed by atoms with van der Waals surface area (Å²) in [6.07, 6.45) is 9.01. The number of hydrogen-bond acceptors (Lipinski definition) is 7. The van der Waals surface area contributed by atoms with Gasteiger partial charge in [-0.2, -0.15) is 0 Å². The van der Waals surface area contributed by atoms with E-state index in [1.165, 1.54) is 17.7 Å². The topological polar surface area (TPSA) is 82.6 Å². The van der Waals surface area contributed by atoms with Gasteiger partial charge in [0.25, 0.3) is 0 Å². The van der Waals surface area contributed by atoms with Crippen molar-refractivity contribution >= 4 is 22.3 Å². The highest BCUT2D eigenvalue weighted by Crippen LogP contribution is 2.31. The van der Waals surface area contributed by atoms with Crippen molar-refractivity contribution in [3.05, 3.63) is 46.9 Å². The van der Waals surface area contributed by atoms with Crippen molar-refractivity contribution in [2.24, 2.45) is 0 Å². The zero-order valence-electron chi connectivity index (χ0n) is 15.1. The van der Waals surface area contributed by atoms with E-state index in [0.717, 1.165) is 47.8 Å². The number of hydrogen-bond donors (Lipinski definition) is 2. The Hall–Kier alpha value is -2.32. The number of aryl methyl sites for hydroxylation is 2. The maximum absolute atomic E-state index is 4.81. The predicted octanol–water partition coefficient (Wildman–Crippen LogP) is 3.74. The van der Waals surface area contributed by atoms with E-state index in [9.17, 15) is 0 Å². The van der Waals surface area contributed by atoms with E-state index in [4.69, 9.17) is 9.97 Å². The molecule has 0 aliphatic carbocycles. The van der Waals surface area contributed by atoms with Crippen molar-refractivity contribution in [3.8, 4) is 0 Å². The van der Waals surface area contributed by atoms with Crippen LogP contribution in [0.2, 0.25) is 0 Å². The number of piperidine rings is 1. The molecule has 1 fully saturated rings. The smallest absolute Gasteiger partial charge is 0.188 e. The summed E-state index contributed by atoms with van der Waals surface area (Å²) in [6, 6.07) is 2.19. The Kier molecular flexibility index (Phi) is 4.94. The van der Waals surface area contributed by atoms with Crippen LogP contribution in [0.25, 0.3) is 0 Å². The van der Waals surface area contributed by atoms with Crippen molar-refractivity contribution in [3.63, 3.8) is 0 Å². The molecule has 7 nitrogen and oxygen atoms in total. The lowest BCUT2D eigenvalue weighted by Crippen LogP contribution is -2.34. The highest BCUT2D eigenvalue weighted by molar-refractivity contribution is 7.15. The minimum absolute atomic E-state index is 0.215. The van der Waals surface area contributed by atoms with Gasteiger partial charge < -0.3 is 10.3 Å². The summed E-state index contributed by atoms with van der Waals surface area (Å²) in [5.41, 5.74) is 0.967. The number of imidazole rings is 1. The van der Waals surface area contributed by atoms with Gasteiger partial charge in [-0.3, -0.25) is 4.90 Å². The Morgan fingerprint density at radius 2 is 2.19 bits per heavy atom. The number of H-pyrrole nitrogens is 1. The van der Waals surface area contributed by atoms with E-state index >= 15 is 0 Å². The highest BCUT2D eigenvalue weighted by Gasteiger charge is 2.27. The minimum atomic E-state index is 0.215. The summed E-state index contributed by atoms with van der Waals surface area (Å²) in [5, 5.41) is 4.19. The standard InChI is InChI=1S/C18H23N7S/c1-12-9-15(24-18-21-10-13(2)26-18)23-17(22-12)14-5-3-4-8-25(14)11-16-19-6-7-20-16/h6-7,9-10,14H,3-5,8,11H2,1-2H3,(H,19,20)(H,21,22,23,24). The number of likely N-dealkylation sites (tertiary alicyclic amines) is 1. The fourth-order valence-electron chi connectivity index (χ4n) is 3.38. The Bertz CT molecular complexity index is 858. The molecule has 2 N–H and O–H groups in total. The number of nitrogens with zero attached hydrogens (tertiary/aromatic N) is 5. The third-order valence-electron chi connectivity index (χ3n) is 4.55. The van der Waals surface area contributed by atoms with E-state index in [-0.39, 0.29) is 6.04 Å². The minimum Gasteiger partial charge on any atom is -0.348 e. The molecule has 0 saturated carbocycles. The molecule has 1 aliphatic heterocycles. The lowest BCUT2D eigenvalue weighted by Gasteiger charge is -2.34. The van der Waals surface area contributed by atoms with Gasteiger partial charge in [0.15, 0.2) is 5.13 Å². The van der Waals surface area contributed by atoms with Crippen molar-refractivity contribution in [2.45, 2.75) is 45.7 Å². The summed E-state index contributed by atoms with van der Waals surface area (Å²) in [5.74, 6) is 2.68. The lowest BCUT2D eigenvalue weighted by molar-refractivity contribution is 0.130. The molecule has 3 aromatic rings. The molecule has 0 radical (unpaired) electrons. The molecule has 4 rings (SSSR count). The normalized spacial score (nSPS) is 18.2. The van der Waals surface area contributed by atoms with Crippen LogP contribution in [0, 0.1) is 13.8 Å². The van der Waals surface area contributed by atoms with Gasteiger partial charge in [-0.1, -0.05) is 6.42 Å². The molecule has 0 amide bonds. The molecule has 0 bridgehead atoms. The lowest BCUT2D eigenvalue weighted by atomic mass is 10.0. The predicted molar refractivity (Wildman–Crippen MR) is 102 cm³/mol. The summed E-state index contributed by atoms with van der Waals surface area (Å²) in [6.45, 7) is 5.90. The molecule has 1 saturated heterocycles. The summed E-state index contributed by atoms with van der Waals surface area (Å²) in [7, 11) is 0. The van der Waals surface area contributed by atoms with E-state index < -0.39 is 0 Å². The van der Waals surface area contributed by atoms with Gasteiger partial charge in [-0.05, 0) is 33.2 Å². The van der Waals surface area contributed by atoms with Crippen molar-refractivity contribution < 1.29 is 0 Å². The Morgan fingerprint density at radius 3 is 2.96 bits per heavy atom. The summed E-state index contributed by atoms with van der Waals surface area (Å²) in [4.78, 5) is 25.1. The van der Waals surface area contributed by atoms with Crippen LogP contribution >= 0.6 is 11.3 Å². The second-order valence-electron chi connectivity index (χ2n) is 6.67. The largest absolute Gasteiger partial charge is 0.348 e. The Labute approximate surface area is 156 Å². The average Bonchev–Trinajstić information content (AvgIpc) is 3.27. The van der Waals surface area contributed by atoms with Crippen LogP contribution in [0.5, 0.6) is 0 Å². The van der Waals surface area contributed by atoms with Gasteiger partial charge >= 0.3 is 0 Å². The molecule has 0 aromatic carbocycles. The maximum atomic E-state index is 4.81. The number of aromatic nitrogens is 5. The van der Waals surface area contributed by atoms with Crippen LogP contribution < -0.4 is 5.32 Å². The number of nitrogens with one attached hydrogen (secondary N) is 2. The molecule has 1 atom stereocenters. The first kappa shape index (κ1) is 17.1. The molecular weight excluding hydrogens is 346 g/mol. The van der Waals surface area contributed by atoms with E-state index in [1.54, 1.807) is 17.5 Å². The van der Waals surface area contributed by atoms with Gasteiger partial charge in [-0.15, -0.1) is 11.3 Å². The first-order valence-electron chi connectivity index (χ1n) is 8.95. The van der Waals surface area contributed by atoms with Crippen molar-refractivity contribution in [2.75, 3.05) is 11.9 Å². The first-order valence-corrected chi connectivity index (χ1v) is 9.76. The zero-order valence-corrected chi connectivity index (χ0v) is 15.9. The quantitative estimate of drug-likeness (QED) is 0.713. The number of aromatic amines is 1. The number of rotatable bonds is 5. The monoisotopic (exact) mass is 369 g/mol. The van der Waals surface area contributed by atoms with Crippen LogP contribution in [0.3, 0.4) is 0 Å². The average molecular weight is 369 g/mol. The molecule has 26 heavy (non-hydrogen) atoms. The van der Waals surface area contributed by atoms with Crippen LogP contribution in [0.15, 0.2) is 24.7 Å². The zero-order chi connectivity index (χ0) is 17.9. The first-order chi connectivity index (χ1) is 12.7. The van der Waals surface area contributed by atoms with Gasteiger partial charge in [-0.25, -0.2) is 19.9 Å². The fraction of sp³-hybridized carbons (Fsp3) is 0.444. The van der Waals surface area contributed by atoms with Crippen LogP contribution in [-0.2, 0) is 6.54 Å². The Balaban J connectivity index is 1.58. The molecular formula is C18H23N7S. The van der Waals surface area contributed by atoms with Crippen LogP contribution in [0.4, 0.5) is 10.9 Å². The van der Waals surface area contributed by atoms with Crippen LogP contribution in [0.1, 0.15) is 47.5 Å². The van der Waals surface area contributed by atoms with E-state index in [0.29, 0.717) is 0 Å². The van der Waals surface area contributed by atoms with E-state index in [1.807, 2.05) is 32.3 Å². The van der Waals surface area contributed by atoms with E-state index in [2.05, 4.69) is 25.2 Å². The van der Waals surface area contributed by atoms with Gasteiger partial charge in [0.05, 0.1) is 12.6 Å². The third kappa shape index (κ3) is 3.91. The molecule has 136 valence electrons. The van der Waals surface area contributed by atoms with Crippen molar-refractivity contribution in [1.29, 1.82) is 0 Å². The molecule has 0 spiro atoms. The summed E-state index contributed by atoms with van der Waals surface area (Å²) >= 11 is 1.63. The summed E-state index contributed by atoms with van der Waals surface area (Å²) < 4.78 is 0. The second-order valence-corrected chi connectivity index (χ2v) is 7.91. The molecule has 1 unspecified atom stereocenters. The fourth-order valence-corrected chi connectivity index (χ4v) is 4.05. The molecule has 8 heteroatoms. The molecule has 3 aromatic heterocycles. The van der Waals surface area contributed by atoms with Crippen LogP contribution in [-0.4, -0.2) is 36.4 Å². The second kappa shape index (κ2) is 7.51. The molecule has 1 aliphatic rings. The number of thiazole rings is 1.